The third-order valence-electron chi connectivity index (χ3n) is 5.99. The molecule has 0 radical (unpaired) electrons. The molecular formula is C18H20ClN7O2. The summed E-state index contributed by atoms with van der Waals surface area (Å²) in [5, 5.41) is 13.5. The van der Waals surface area contributed by atoms with Gasteiger partial charge in [-0.05, 0) is 25.7 Å². The highest BCUT2D eigenvalue weighted by Crippen LogP contribution is 2.49. The molecule has 7 rings (SSSR count). The summed E-state index contributed by atoms with van der Waals surface area (Å²) in [4.78, 5) is 9.03. The lowest BCUT2D eigenvalue weighted by Crippen LogP contribution is -2.41. The molecule has 4 aliphatic rings. The quantitative estimate of drug-likeness (QED) is 0.705. The maximum absolute atomic E-state index is 6.22. The number of nitrogens with zero attached hydrogens (tertiary/aromatic N) is 6. The Labute approximate surface area is 166 Å². The minimum absolute atomic E-state index is 0.0555. The summed E-state index contributed by atoms with van der Waals surface area (Å²) < 4.78 is 15.8. The largest absolute Gasteiger partial charge is 0.475 e. The Bertz CT molecular complexity index is 1080. The molecule has 9 nitrogen and oxygen atoms in total. The second kappa shape index (κ2) is 5.81. The number of aryl methyl sites for hydroxylation is 1. The van der Waals surface area contributed by atoms with Crippen LogP contribution in [0.1, 0.15) is 25.0 Å². The predicted molar refractivity (Wildman–Crippen MR) is 102 cm³/mol. The summed E-state index contributed by atoms with van der Waals surface area (Å²) in [6.45, 7) is 4.84. The first-order chi connectivity index (χ1) is 13.6. The van der Waals surface area contributed by atoms with Crippen molar-refractivity contribution < 1.29 is 9.47 Å². The predicted octanol–water partition coefficient (Wildman–Crippen LogP) is 2.69. The van der Waals surface area contributed by atoms with Crippen molar-refractivity contribution in [3.05, 3.63) is 17.0 Å². The van der Waals surface area contributed by atoms with Crippen LogP contribution >= 0.6 is 11.6 Å². The molecule has 10 heteroatoms. The van der Waals surface area contributed by atoms with Gasteiger partial charge in [0.25, 0.3) is 5.88 Å². The lowest BCUT2D eigenvalue weighted by molar-refractivity contribution is -0.0170. The molecule has 1 saturated carbocycles. The zero-order chi connectivity index (χ0) is 18.9. The smallest absolute Gasteiger partial charge is 0.257 e. The van der Waals surface area contributed by atoms with Gasteiger partial charge in [-0.3, -0.25) is 4.68 Å². The van der Waals surface area contributed by atoms with Gasteiger partial charge in [-0.15, -0.1) is 5.10 Å². The standard InChI is InChI=1S/C18H20ClN7O2/c1-10-13-16(24-26(10)9-18-5-11(6-18)8-28-18)27-4-2-3-25-15-12(14(19)23-25)7-20-17(21-13)22-15/h7,11H,2-6,8-9H2,1H3,(H,20,21,22). The van der Waals surface area contributed by atoms with Gasteiger partial charge in [-0.2, -0.15) is 10.1 Å². The van der Waals surface area contributed by atoms with Crippen LogP contribution in [0.2, 0.25) is 5.15 Å². The van der Waals surface area contributed by atoms with E-state index in [0.29, 0.717) is 30.1 Å². The molecule has 3 aromatic rings. The lowest BCUT2D eigenvalue weighted by atomic mass is 9.74. The monoisotopic (exact) mass is 401 g/mol. The third kappa shape index (κ3) is 2.42. The van der Waals surface area contributed by atoms with Gasteiger partial charge in [0, 0.05) is 19.2 Å². The zero-order valence-corrected chi connectivity index (χ0v) is 16.2. The van der Waals surface area contributed by atoms with E-state index in [1.54, 1.807) is 10.9 Å². The molecule has 0 atom stereocenters. The molecule has 6 heterocycles. The molecule has 3 aliphatic heterocycles. The normalized spacial score (nSPS) is 25.7. The van der Waals surface area contributed by atoms with E-state index in [0.717, 1.165) is 60.7 Å². The van der Waals surface area contributed by atoms with Gasteiger partial charge in [0.2, 0.25) is 5.95 Å². The van der Waals surface area contributed by atoms with Crippen LogP contribution in [0.15, 0.2) is 6.20 Å². The molecule has 0 amide bonds. The van der Waals surface area contributed by atoms with E-state index in [4.69, 9.17) is 26.2 Å². The summed E-state index contributed by atoms with van der Waals surface area (Å²) in [5.74, 6) is 1.77. The van der Waals surface area contributed by atoms with Crippen LogP contribution < -0.4 is 10.1 Å². The van der Waals surface area contributed by atoms with Crippen LogP contribution in [-0.4, -0.2) is 48.3 Å². The SMILES string of the molecule is Cc1c2c(nn1CC13CC(CO1)C3)OCCCn1nc(Cl)c3cnc(nc31)N2. The molecule has 4 bridgehead atoms. The fourth-order valence-corrected chi connectivity index (χ4v) is 4.75. The van der Waals surface area contributed by atoms with Crippen molar-refractivity contribution in [3.63, 3.8) is 0 Å². The highest BCUT2D eigenvalue weighted by atomic mass is 35.5. The Hall–Kier alpha value is -2.39. The molecule has 28 heavy (non-hydrogen) atoms. The van der Waals surface area contributed by atoms with Crippen molar-refractivity contribution in [2.24, 2.45) is 5.92 Å². The van der Waals surface area contributed by atoms with Crippen LogP contribution in [0.3, 0.4) is 0 Å². The third-order valence-corrected chi connectivity index (χ3v) is 6.27. The number of fused-ring (bicyclic) bond motifs is 3. The maximum atomic E-state index is 6.22. The van der Waals surface area contributed by atoms with Gasteiger partial charge in [-0.25, -0.2) is 9.67 Å². The summed E-state index contributed by atoms with van der Waals surface area (Å²) in [6.07, 6.45) is 4.71. The van der Waals surface area contributed by atoms with Crippen molar-refractivity contribution >= 4 is 34.3 Å². The van der Waals surface area contributed by atoms with E-state index in [9.17, 15) is 0 Å². The Morgan fingerprint density at radius 2 is 2.25 bits per heavy atom. The summed E-state index contributed by atoms with van der Waals surface area (Å²) in [7, 11) is 0. The van der Waals surface area contributed by atoms with E-state index >= 15 is 0 Å². The first-order valence-electron chi connectivity index (χ1n) is 9.60. The Balaban J connectivity index is 1.39. The first-order valence-corrected chi connectivity index (χ1v) is 9.98. The minimum Gasteiger partial charge on any atom is -0.475 e. The summed E-state index contributed by atoms with van der Waals surface area (Å²) in [6, 6.07) is 0. The summed E-state index contributed by atoms with van der Waals surface area (Å²) >= 11 is 6.22. The molecule has 146 valence electrons. The molecular weight excluding hydrogens is 382 g/mol. The summed E-state index contributed by atoms with van der Waals surface area (Å²) in [5.41, 5.74) is 2.44. The molecule has 3 aromatic heterocycles. The molecule has 1 N–H and O–H groups in total. The second-order valence-corrected chi connectivity index (χ2v) is 8.32. The van der Waals surface area contributed by atoms with E-state index in [2.05, 4.69) is 20.4 Å². The average Bonchev–Trinajstić information content (AvgIpc) is 3.39. The number of nitrogens with one attached hydrogen (secondary N) is 1. The maximum Gasteiger partial charge on any atom is 0.257 e. The molecule has 0 unspecified atom stereocenters. The number of hydrogen-bond donors (Lipinski definition) is 1. The van der Waals surface area contributed by atoms with Crippen molar-refractivity contribution in [1.82, 2.24) is 29.5 Å². The lowest BCUT2D eigenvalue weighted by Gasteiger charge is -2.35. The zero-order valence-electron chi connectivity index (χ0n) is 15.5. The number of anilines is 2. The van der Waals surface area contributed by atoms with Gasteiger partial charge in [-0.1, -0.05) is 11.6 Å². The first kappa shape index (κ1) is 16.6. The Morgan fingerprint density at radius 3 is 3.07 bits per heavy atom. The molecule has 2 saturated heterocycles. The van der Waals surface area contributed by atoms with Gasteiger partial charge in [0.05, 0.1) is 36.4 Å². The number of hydrogen-bond acceptors (Lipinski definition) is 7. The van der Waals surface area contributed by atoms with Crippen LogP contribution in [0.5, 0.6) is 5.88 Å². The Kier molecular flexibility index (Phi) is 3.43. The van der Waals surface area contributed by atoms with Crippen molar-refractivity contribution in [1.29, 1.82) is 0 Å². The van der Waals surface area contributed by atoms with Crippen molar-refractivity contribution in [3.8, 4) is 5.88 Å². The highest BCUT2D eigenvalue weighted by molar-refractivity contribution is 6.34. The van der Waals surface area contributed by atoms with E-state index in [1.165, 1.54) is 0 Å². The van der Waals surface area contributed by atoms with Gasteiger partial charge < -0.3 is 14.8 Å². The Morgan fingerprint density at radius 1 is 1.36 bits per heavy atom. The van der Waals surface area contributed by atoms with E-state index in [-0.39, 0.29) is 5.60 Å². The van der Waals surface area contributed by atoms with Crippen LogP contribution in [-0.2, 0) is 17.8 Å². The molecule has 0 spiro atoms. The highest BCUT2D eigenvalue weighted by Gasteiger charge is 2.52. The number of ether oxygens (including phenoxy) is 2. The molecule has 3 fully saturated rings. The molecule has 1 aliphatic carbocycles. The number of halogens is 1. The van der Waals surface area contributed by atoms with Gasteiger partial charge >= 0.3 is 0 Å². The number of rotatable bonds is 2. The van der Waals surface area contributed by atoms with Crippen LogP contribution in [0.25, 0.3) is 11.0 Å². The van der Waals surface area contributed by atoms with Crippen LogP contribution in [0, 0.1) is 12.8 Å². The minimum atomic E-state index is -0.0555. The van der Waals surface area contributed by atoms with Crippen molar-refractivity contribution in [2.45, 2.75) is 44.9 Å². The van der Waals surface area contributed by atoms with Crippen LogP contribution in [0.4, 0.5) is 11.6 Å². The average molecular weight is 402 g/mol. The fraction of sp³-hybridized carbons (Fsp3) is 0.556. The number of aromatic nitrogens is 6. The van der Waals surface area contributed by atoms with E-state index < -0.39 is 0 Å². The van der Waals surface area contributed by atoms with Crippen molar-refractivity contribution in [2.75, 3.05) is 18.5 Å². The fourth-order valence-electron chi connectivity index (χ4n) is 4.52. The van der Waals surface area contributed by atoms with E-state index in [1.807, 2.05) is 11.6 Å². The second-order valence-electron chi connectivity index (χ2n) is 7.96. The topological polar surface area (TPSA) is 91.9 Å². The van der Waals surface area contributed by atoms with Gasteiger partial charge in [0.15, 0.2) is 10.8 Å². The molecule has 0 aromatic carbocycles. The van der Waals surface area contributed by atoms with Gasteiger partial charge in [0.1, 0.15) is 5.69 Å².